The number of carbonyl (C=O) groups excluding carboxylic acids is 5. The Balaban J connectivity index is 0.778. The fraction of sp³-hybridized carbons (Fsp3) is 0.295. The zero-order valence-corrected chi connectivity index (χ0v) is 43.3. The number of esters is 4. The lowest BCUT2D eigenvalue weighted by atomic mass is 10.1. The zero-order valence-electron chi connectivity index (χ0n) is 43.3. The van der Waals surface area contributed by atoms with Crippen LogP contribution < -0.4 is 24.3 Å². The van der Waals surface area contributed by atoms with E-state index in [9.17, 15) is 24.0 Å². The number of ether oxygens (including phenoxy) is 10. The van der Waals surface area contributed by atoms with Crippen LogP contribution in [0.3, 0.4) is 0 Å². The first-order valence-electron chi connectivity index (χ1n) is 25.5. The van der Waals surface area contributed by atoms with Gasteiger partial charge in [-0.15, -0.1) is 0 Å². The van der Waals surface area contributed by atoms with Crippen molar-refractivity contribution in [1.29, 1.82) is 0 Å². The lowest BCUT2D eigenvalue weighted by Gasteiger charge is -2.13. The third-order valence-corrected chi connectivity index (χ3v) is 11.5. The van der Waals surface area contributed by atoms with Crippen LogP contribution in [-0.2, 0) is 44.4 Å². The number of benzene rings is 6. The molecule has 404 valence electrons. The Labute approximate surface area is 448 Å². The molecule has 0 spiro atoms. The van der Waals surface area contributed by atoms with Crippen molar-refractivity contribution in [3.05, 3.63) is 175 Å². The van der Waals surface area contributed by atoms with Crippen LogP contribution in [0.5, 0.6) is 23.0 Å². The van der Waals surface area contributed by atoms with Crippen molar-refractivity contribution < 1.29 is 71.3 Å². The number of fused-ring (bicyclic) bond motifs is 1. The van der Waals surface area contributed by atoms with Gasteiger partial charge in [0.1, 0.15) is 36.2 Å². The van der Waals surface area contributed by atoms with Crippen molar-refractivity contribution >= 4 is 46.2 Å². The van der Waals surface area contributed by atoms with E-state index in [1.807, 2.05) is 55.5 Å². The number of amides is 1. The molecule has 0 fully saturated rings. The normalized spacial score (nSPS) is 10.8. The molecule has 0 saturated heterocycles. The van der Waals surface area contributed by atoms with Crippen LogP contribution >= 0.6 is 0 Å². The molecule has 0 aliphatic rings. The van der Waals surface area contributed by atoms with Crippen LogP contribution in [0.25, 0.3) is 21.9 Å². The second-order valence-electron chi connectivity index (χ2n) is 17.0. The minimum absolute atomic E-state index is 0.196. The van der Waals surface area contributed by atoms with Gasteiger partial charge in [0.05, 0.1) is 77.2 Å². The van der Waals surface area contributed by atoms with Crippen molar-refractivity contribution in [1.82, 2.24) is 0 Å². The van der Waals surface area contributed by atoms with Gasteiger partial charge in [-0.1, -0.05) is 56.5 Å². The Hall–Kier alpha value is -8.31. The molecule has 0 heterocycles. The molecule has 77 heavy (non-hydrogen) atoms. The highest BCUT2D eigenvalue weighted by Crippen LogP contribution is 2.27. The molecule has 0 aromatic heterocycles. The third kappa shape index (κ3) is 20.1. The van der Waals surface area contributed by atoms with E-state index in [0.29, 0.717) is 131 Å². The van der Waals surface area contributed by atoms with Crippen molar-refractivity contribution in [2.45, 2.75) is 39.0 Å². The van der Waals surface area contributed by atoms with Crippen LogP contribution in [0, 0.1) is 0 Å². The summed E-state index contributed by atoms with van der Waals surface area (Å²) in [6, 6.07) is 37.8. The average Bonchev–Trinajstić information content (AvgIpc) is 3.46. The van der Waals surface area contributed by atoms with E-state index in [0.717, 1.165) is 51.8 Å². The molecule has 0 aliphatic carbocycles. The molecule has 0 atom stereocenters. The highest BCUT2D eigenvalue weighted by molar-refractivity contribution is 6.04. The molecule has 0 saturated carbocycles. The van der Waals surface area contributed by atoms with E-state index in [-0.39, 0.29) is 19.1 Å². The molecule has 6 aromatic carbocycles. The molecule has 0 bridgehead atoms. The number of nitrogens with one attached hydrogen (secondary N) is 1. The quantitative estimate of drug-likeness (QED) is 0.0132. The molecule has 0 aliphatic heterocycles. The van der Waals surface area contributed by atoms with Gasteiger partial charge in [0.2, 0.25) is 0 Å². The monoisotopic (exact) mass is 1050 g/mol. The topological polar surface area (TPSA) is 190 Å². The summed E-state index contributed by atoms with van der Waals surface area (Å²) >= 11 is 0. The smallest absolute Gasteiger partial charge is 0.343 e. The Bertz CT molecular complexity index is 2860. The molecule has 1 N–H and O–H groups in total. The molecule has 0 unspecified atom stereocenters. The highest BCUT2D eigenvalue weighted by atomic mass is 16.6. The predicted molar refractivity (Wildman–Crippen MR) is 291 cm³/mol. The predicted octanol–water partition coefficient (Wildman–Crippen LogP) is 10.6. The maximum absolute atomic E-state index is 13.1. The molecular formula is C61H65NO15. The average molecular weight is 1050 g/mol. The first-order chi connectivity index (χ1) is 37.6. The first kappa shape index (κ1) is 58.0. The summed E-state index contributed by atoms with van der Waals surface area (Å²) in [4.78, 5) is 60.8. The van der Waals surface area contributed by atoms with Gasteiger partial charge < -0.3 is 52.7 Å². The Morgan fingerprint density at radius 2 is 0.909 bits per heavy atom. The van der Waals surface area contributed by atoms with Crippen LogP contribution in [0.1, 0.15) is 69.2 Å². The van der Waals surface area contributed by atoms with Gasteiger partial charge in [-0.25, -0.2) is 19.2 Å². The van der Waals surface area contributed by atoms with Crippen molar-refractivity contribution in [2.75, 3.05) is 84.6 Å². The first-order valence-corrected chi connectivity index (χ1v) is 25.5. The zero-order chi connectivity index (χ0) is 54.5. The van der Waals surface area contributed by atoms with Gasteiger partial charge in [-0.3, -0.25) is 4.79 Å². The number of anilines is 1. The van der Waals surface area contributed by atoms with Gasteiger partial charge in [0.25, 0.3) is 5.91 Å². The highest BCUT2D eigenvalue weighted by Gasteiger charge is 2.15. The molecule has 16 nitrogen and oxygen atoms in total. The van der Waals surface area contributed by atoms with Crippen LogP contribution in [0.4, 0.5) is 5.69 Å². The summed E-state index contributed by atoms with van der Waals surface area (Å²) in [5.41, 5.74) is 4.81. The number of unbranched alkanes of at least 4 members (excludes halogenated alkanes) is 2. The fourth-order valence-corrected chi connectivity index (χ4v) is 7.38. The van der Waals surface area contributed by atoms with E-state index < -0.39 is 23.9 Å². The van der Waals surface area contributed by atoms with Gasteiger partial charge in [0, 0.05) is 23.4 Å². The summed E-state index contributed by atoms with van der Waals surface area (Å²) in [6.07, 6.45) is 5.38. The number of aryl methyl sites for hydroxylation is 1. The molecule has 6 aromatic rings. The van der Waals surface area contributed by atoms with E-state index in [1.165, 1.54) is 0 Å². The molecule has 6 rings (SSSR count). The largest absolute Gasteiger partial charge is 0.494 e. The van der Waals surface area contributed by atoms with Crippen LogP contribution in [0.15, 0.2) is 153 Å². The van der Waals surface area contributed by atoms with Gasteiger partial charge in [-0.2, -0.15) is 0 Å². The second kappa shape index (κ2) is 32.2. The molecular weight excluding hydrogens is 987 g/mol. The van der Waals surface area contributed by atoms with E-state index in [1.54, 1.807) is 78.9 Å². The Morgan fingerprint density at radius 3 is 1.52 bits per heavy atom. The molecule has 1 amide bonds. The molecule has 0 radical (unpaired) electrons. The Kier molecular flexibility index (Phi) is 24.2. The van der Waals surface area contributed by atoms with Crippen molar-refractivity contribution in [3.8, 4) is 34.1 Å². The maximum atomic E-state index is 13.1. The summed E-state index contributed by atoms with van der Waals surface area (Å²) in [7, 11) is 0. The van der Waals surface area contributed by atoms with E-state index in [2.05, 4.69) is 18.5 Å². The van der Waals surface area contributed by atoms with Crippen LogP contribution in [0.2, 0.25) is 0 Å². The van der Waals surface area contributed by atoms with Gasteiger partial charge in [-0.05, 0) is 151 Å². The lowest BCUT2D eigenvalue weighted by Crippen LogP contribution is -2.14. The van der Waals surface area contributed by atoms with E-state index in [4.69, 9.17) is 47.4 Å². The number of carbonyl (C=O) groups is 5. The van der Waals surface area contributed by atoms with E-state index >= 15 is 0 Å². The summed E-state index contributed by atoms with van der Waals surface area (Å²) in [5, 5.41) is 4.50. The maximum Gasteiger partial charge on any atom is 0.343 e. The summed E-state index contributed by atoms with van der Waals surface area (Å²) < 4.78 is 55.4. The number of rotatable bonds is 34. The standard InChI is InChI=1S/C61H65NO15/c1-4-44-41-51(61(67)77-55-27-19-48-42-50(12-11-49(48)43-55)60(66)76-32-10-9-31-75-58(64)6-3)20-28-56(44)73-40-38-70-36-34-68-33-35-69-37-39-72-54-23-15-46(16-24-54)45-13-21-52(22-14-45)62-59(65)47-17-25-53(26-18-47)71-29-7-8-30-74-57(63)5-2/h5-6,11-28,41-43H,2-4,7-10,29-40H2,1H3,(H,62,65). The lowest BCUT2D eigenvalue weighted by molar-refractivity contribution is -0.138. The van der Waals surface area contributed by atoms with Gasteiger partial charge >= 0.3 is 23.9 Å². The minimum Gasteiger partial charge on any atom is -0.494 e. The van der Waals surface area contributed by atoms with Crippen molar-refractivity contribution in [2.24, 2.45) is 0 Å². The second-order valence-corrected chi connectivity index (χ2v) is 17.0. The number of hydrogen-bond donors (Lipinski definition) is 1. The summed E-state index contributed by atoms with van der Waals surface area (Å²) in [6.45, 7) is 13.0. The van der Waals surface area contributed by atoms with Crippen molar-refractivity contribution in [3.63, 3.8) is 0 Å². The summed E-state index contributed by atoms with van der Waals surface area (Å²) in [5.74, 6) is 0.278. The fourth-order valence-electron chi connectivity index (χ4n) is 7.38. The third-order valence-electron chi connectivity index (χ3n) is 11.5. The van der Waals surface area contributed by atoms with Gasteiger partial charge in [0.15, 0.2) is 0 Å². The SMILES string of the molecule is C=CC(=O)OCCCCOC(=O)c1ccc2cc(OC(=O)c3ccc(OCCOCCOCCOCCOc4ccc(-c5ccc(NC(=O)c6ccc(OCCCCOC(=O)C=C)cc6)cc5)cc4)c(CC)c3)ccc2c1. The number of hydrogen-bond acceptors (Lipinski definition) is 15. The molecule has 16 heteroatoms. The minimum atomic E-state index is -0.509. The van der Waals surface area contributed by atoms with Crippen LogP contribution in [-0.4, -0.2) is 109 Å². The Morgan fingerprint density at radius 1 is 0.442 bits per heavy atom.